The zero-order valence-electron chi connectivity index (χ0n) is 9.17. The first-order valence-corrected chi connectivity index (χ1v) is 5.08. The van der Waals surface area contributed by atoms with Crippen LogP contribution in [0.15, 0.2) is 12.1 Å². The maximum absolute atomic E-state index is 12.2. The van der Waals surface area contributed by atoms with Crippen molar-refractivity contribution >= 4 is 5.82 Å². The molecular formula is C10H14F3N3. The summed E-state index contributed by atoms with van der Waals surface area (Å²) in [4.78, 5) is 0. The average molecular weight is 233 g/mol. The molecule has 0 saturated carbocycles. The minimum atomic E-state index is -4.43. The predicted molar refractivity (Wildman–Crippen MR) is 55.0 cm³/mol. The van der Waals surface area contributed by atoms with E-state index in [9.17, 15) is 13.2 Å². The molecule has 0 radical (unpaired) electrons. The molecule has 0 fully saturated rings. The van der Waals surface area contributed by atoms with Gasteiger partial charge < -0.3 is 5.32 Å². The van der Waals surface area contributed by atoms with Gasteiger partial charge in [-0.05, 0) is 18.1 Å². The van der Waals surface area contributed by atoms with Crippen LogP contribution in [0.1, 0.15) is 26.0 Å². The Balaban J connectivity index is 2.58. The molecule has 0 aliphatic carbocycles. The van der Waals surface area contributed by atoms with Crippen molar-refractivity contribution < 1.29 is 13.2 Å². The third-order valence-corrected chi connectivity index (χ3v) is 2.28. The van der Waals surface area contributed by atoms with Gasteiger partial charge in [0.25, 0.3) is 0 Å². The first-order valence-electron chi connectivity index (χ1n) is 5.08. The molecule has 1 aromatic heterocycles. The summed E-state index contributed by atoms with van der Waals surface area (Å²) in [6, 6.07) is 2.21. The number of hydrogen-bond donors (Lipinski definition) is 1. The molecule has 0 amide bonds. The van der Waals surface area contributed by atoms with Crippen molar-refractivity contribution in [2.45, 2.75) is 26.4 Å². The van der Waals surface area contributed by atoms with Crippen LogP contribution in [0, 0.1) is 5.92 Å². The van der Waals surface area contributed by atoms with E-state index in [1.807, 2.05) is 13.8 Å². The molecule has 1 aromatic rings. The van der Waals surface area contributed by atoms with Crippen LogP contribution in [0.3, 0.4) is 0 Å². The van der Waals surface area contributed by atoms with Crippen LogP contribution < -0.4 is 5.32 Å². The van der Waals surface area contributed by atoms with Gasteiger partial charge in [-0.1, -0.05) is 20.3 Å². The molecule has 0 saturated heterocycles. The number of halogens is 3. The van der Waals surface area contributed by atoms with Crippen molar-refractivity contribution in [1.29, 1.82) is 0 Å². The Morgan fingerprint density at radius 1 is 1.31 bits per heavy atom. The molecule has 1 N–H and O–H groups in total. The molecule has 16 heavy (non-hydrogen) atoms. The van der Waals surface area contributed by atoms with E-state index in [2.05, 4.69) is 15.5 Å². The van der Waals surface area contributed by atoms with Gasteiger partial charge in [-0.2, -0.15) is 13.2 Å². The van der Waals surface area contributed by atoms with Crippen LogP contribution in [0.4, 0.5) is 19.0 Å². The molecule has 1 rings (SSSR count). The predicted octanol–water partition coefficient (Wildman–Crippen LogP) is 2.95. The fourth-order valence-electron chi connectivity index (χ4n) is 1.00. The van der Waals surface area contributed by atoms with E-state index in [-0.39, 0.29) is 0 Å². The molecule has 0 aliphatic heterocycles. The SMILES string of the molecule is CCC(C)CNc1ccc(C(F)(F)F)nn1. The van der Waals surface area contributed by atoms with E-state index in [1.165, 1.54) is 6.07 Å². The van der Waals surface area contributed by atoms with Crippen molar-refractivity contribution in [2.24, 2.45) is 5.92 Å². The topological polar surface area (TPSA) is 37.8 Å². The maximum Gasteiger partial charge on any atom is 0.435 e. The zero-order chi connectivity index (χ0) is 12.2. The Labute approximate surface area is 92.1 Å². The molecule has 1 atom stereocenters. The van der Waals surface area contributed by atoms with Gasteiger partial charge in [0.1, 0.15) is 5.82 Å². The third-order valence-electron chi connectivity index (χ3n) is 2.28. The number of aromatic nitrogens is 2. The van der Waals surface area contributed by atoms with E-state index in [0.717, 1.165) is 12.5 Å². The molecular weight excluding hydrogens is 219 g/mol. The molecule has 6 heteroatoms. The van der Waals surface area contributed by atoms with Crippen LogP contribution in [0.2, 0.25) is 0 Å². The molecule has 3 nitrogen and oxygen atoms in total. The van der Waals surface area contributed by atoms with Gasteiger partial charge in [0.2, 0.25) is 0 Å². The first-order chi connectivity index (χ1) is 7.43. The van der Waals surface area contributed by atoms with Gasteiger partial charge >= 0.3 is 6.18 Å². The van der Waals surface area contributed by atoms with Crippen molar-refractivity contribution in [3.63, 3.8) is 0 Å². The number of rotatable bonds is 4. The molecule has 0 bridgehead atoms. The standard InChI is InChI=1S/C10H14F3N3/c1-3-7(2)6-14-9-5-4-8(15-16-9)10(11,12)13/h4-5,7H,3,6H2,1-2H3,(H,14,16). The Bertz CT molecular complexity index is 321. The Morgan fingerprint density at radius 2 is 2.00 bits per heavy atom. The van der Waals surface area contributed by atoms with E-state index in [1.54, 1.807) is 0 Å². The molecule has 0 spiro atoms. The molecule has 1 unspecified atom stereocenters. The fraction of sp³-hybridized carbons (Fsp3) is 0.600. The first kappa shape index (κ1) is 12.7. The lowest BCUT2D eigenvalue weighted by molar-refractivity contribution is -0.141. The minimum absolute atomic E-state index is 0.369. The van der Waals surface area contributed by atoms with E-state index in [0.29, 0.717) is 18.3 Å². The summed E-state index contributed by atoms with van der Waals surface area (Å²) >= 11 is 0. The highest BCUT2D eigenvalue weighted by atomic mass is 19.4. The molecule has 90 valence electrons. The highest BCUT2D eigenvalue weighted by molar-refractivity contribution is 5.33. The second kappa shape index (κ2) is 5.14. The monoisotopic (exact) mass is 233 g/mol. The Kier molecular flexibility index (Phi) is 4.09. The molecule has 0 aliphatic rings. The quantitative estimate of drug-likeness (QED) is 0.868. The lowest BCUT2D eigenvalue weighted by Gasteiger charge is -2.10. The van der Waals surface area contributed by atoms with Crippen LogP contribution in [-0.4, -0.2) is 16.7 Å². The Hall–Kier alpha value is -1.33. The van der Waals surface area contributed by atoms with Crippen molar-refractivity contribution in [3.8, 4) is 0 Å². The summed E-state index contributed by atoms with van der Waals surface area (Å²) in [5, 5.41) is 9.52. The van der Waals surface area contributed by atoms with Gasteiger partial charge in [-0.15, -0.1) is 10.2 Å². The van der Waals surface area contributed by atoms with Crippen LogP contribution >= 0.6 is 0 Å². The average Bonchev–Trinajstić information content (AvgIpc) is 2.25. The van der Waals surface area contributed by atoms with Crippen molar-refractivity contribution in [2.75, 3.05) is 11.9 Å². The second-order valence-electron chi connectivity index (χ2n) is 3.70. The van der Waals surface area contributed by atoms with Gasteiger partial charge in [-0.25, -0.2) is 0 Å². The largest absolute Gasteiger partial charge is 0.435 e. The summed E-state index contributed by atoms with van der Waals surface area (Å²) in [7, 11) is 0. The lowest BCUT2D eigenvalue weighted by atomic mass is 10.1. The van der Waals surface area contributed by atoms with Crippen LogP contribution in [0.25, 0.3) is 0 Å². The van der Waals surface area contributed by atoms with Gasteiger partial charge in [0.05, 0.1) is 0 Å². The number of nitrogens with zero attached hydrogens (tertiary/aromatic N) is 2. The number of nitrogens with one attached hydrogen (secondary N) is 1. The summed E-state index contributed by atoms with van der Waals surface area (Å²) in [5.41, 5.74) is -0.971. The van der Waals surface area contributed by atoms with E-state index < -0.39 is 11.9 Å². The smallest absolute Gasteiger partial charge is 0.368 e. The third kappa shape index (κ3) is 3.67. The van der Waals surface area contributed by atoms with Crippen molar-refractivity contribution in [3.05, 3.63) is 17.8 Å². The number of alkyl halides is 3. The lowest BCUT2D eigenvalue weighted by Crippen LogP contribution is -2.13. The fourth-order valence-corrected chi connectivity index (χ4v) is 1.00. The van der Waals surface area contributed by atoms with Crippen LogP contribution in [-0.2, 0) is 6.18 Å². The Morgan fingerprint density at radius 3 is 2.44 bits per heavy atom. The maximum atomic E-state index is 12.2. The molecule has 0 aromatic carbocycles. The summed E-state index contributed by atoms with van der Waals surface area (Å²) in [5.74, 6) is 0.817. The summed E-state index contributed by atoms with van der Waals surface area (Å²) < 4.78 is 36.5. The van der Waals surface area contributed by atoms with Crippen LogP contribution in [0.5, 0.6) is 0 Å². The summed E-state index contributed by atoms with van der Waals surface area (Å²) in [6.45, 7) is 4.77. The van der Waals surface area contributed by atoms with E-state index >= 15 is 0 Å². The van der Waals surface area contributed by atoms with Crippen molar-refractivity contribution in [1.82, 2.24) is 10.2 Å². The normalized spacial score (nSPS) is 13.6. The highest BCUT2D eigenvalue weighted by Crippen LogP contribution is 2.27. The van der Waals surface area contributed by atoms with Gasteiger partial charge in [0.15, 0.2) is 5.69 Å². The zero-order valence-corrected chi connectivity index (χ0v) is 9.17. The van der Waals surface area contributed by atoms with Gasteiger partial charge in [-0.3, -0.25) is 0 Å². The number of hydrogen-bond acceptors (Lipinski definition) is 3. The highest BCUT2D eigenvalue weighted by Gasteiger charge is 2.32. The second-order valence-corrected chi connectivity index (χ2v) is 3.70. The van der Waals surface area contributed by atoms with E-state index in [4.69, 9.17) is 0 Å². The summed E-state index contributed by atoms with van der Waals surface area (Å²) in [6.07, 6.45) is -3.43. The number of anilines is 1. The minimum Gasteiger partial charge on any atom is -0.368 e. The molecule has 1 heterocycles. The van der Waals surface area contributed by atoms with Gasteiger partial charge in [0, 0.05) is 6.54 Å².